The number of primary amides is 1. The highest BCUT2D eigenvalue weighted by molar-refractivity contribution is 6.32. The molecule has 6 nitrogen and oxygen atoms in total. The molecule has 3 rings (SSSR count). The molecule has 7 heteroatoms. The lowest BCUT2D eigenvalue weighted by Crippen LogP contribution is -2.29. The molecule has 1 aromatic carbocycles. The van der Waals surface area contributed by atoms with Crippen molar-refractivity contribution in [2.24, 2.45) is 17.6 Å². The second-order valence-corrected chi connectivity index (χ2v) is 6.81. The molecule has 2 atom stereocenters. The Morgan fingerprint density at radius 2 is 1.96 bits per heavy atom. The van der Waals surface area contributed by atoms with E-state index in [1.165, 1.54) is 26.4 Å². The number of carbonyl (C=O) groups is 2. The maximum Gasteiger partial charge on any atom is 0.255 e. The van der Waals surface area contributed by atoms with Gasteiger partial charge in [0.1, 0.15) is 0 Å². The highest BCUT2D eigenvalue weighted by Gasteiger charge is 2.38. The lowest BCUT2D eigenvalue weighted by molar-refractivity contribution is -0.119. The lowest BCUT2D eigenvalue weighted by atomic mass is 10.0. The first-order valence-electron chi connectivity index (χ1n) is 8.07. The van der Waals surface area contributed by atoms with Crippen LogP contribution in [0, 0.1) is 11.8 Å². The second kappa shape index (κ2) is 6.89. The Kier molecular flexibility index (Phi) is 4.85. The molecule has 1 heterocycles. The van der Waals surface area contributed by atoms with Gasteiger partial charge in [0.25, 0.3) is 11.8 Å². The van der Waals surface area contributed by atoms with Crippen LogP contribution in [0.1, 0.15) is 29.6 Å². The Morgan fingerprint density at radius 3 is 2.54 bits per heavy atom. The molecule has 0 spiro atoms. The summed E-state index contributed by atoms with van der Waals surface area (Å²) in [7, 11) is 1.46. The van der Waals surface area contributed by atoms with E-state index in [-0.39, 0.29) is 23.3 Å². The summed E-state index contributed by atoms with van der Waals surface area (Å²) in [6.45, 7) is 1.31. The van der Waals surface area contributed by atoms with Crippen LogP contribution in [0.4, 0.5) is 0 Å². The third-order valence-corrected chi connectivity index (χ3v) is 5.13. The summed E-state index contributed by atoms with van der Waals surface area (Å²) in [4.78, 5) is 25.5. The van der Waals surface area contributed by atoms with Crippen molar-refractivity contribution in [2.75, 3.05) is 26.8 Å². The van der Waals surface area contributed by atoms with Gasteiger partial charge in [0.2, 0.25) is 0 Å². The third kappa shape index (κ3) is 3.29. The molecule has 1 aliphatic heterocycles. The van der Waals surface area contributed by atoms with Crippen molar-refractivity contribution >= 4 is 23.4 Å². The van der Waals surface area contributed by atoms with Crippen molar-refractivity contribution in [1.82, 2.24) is 4.90 Å². The predicted molar refractivity (Wildman–Crippen MR) is 89.4 cm³/mol. The predicted octanol–water partition coefficient (Wildman–Crippen LogP) is 2.08. The molecule has 2 N–H and O–H groups in total. The fraction of sp³-hybridized carbons (Fsp3) is 0.529. The number of likely N-dealkylation sites (tertiary alicyclic amines) is 1. The maximum atomic E-state index is 12.8. The number of hydrogen-bond donors (Lipinski definition) is 1. The molecule has 1 aliphatic carbocycles. The second-order valence-electron chi connectivity index (χ2n) is 6.41. The van der Waals surface area contributed by atoms with Crippen LogP contribution in [0.15, 0.2) is 12.1 Å². The highest BCUT2D eigenvalue weighted by Crippen LogP contribution is 2.40. The number of rotatable bonds is 5. The van der Waals surface area contributed by atoms with E-state index in [1.807, 2.05) is 4.90 Å². The molecule has 0 aromatic heterocycles. The zero-order chi connectivity index (χ0) is 17.3. The van der Waals surface area contributed by atoms with Gasteiger partial charge in [0, 0.05) is 18.7 Å². The molecular weight excluding hydrogens is 332 g/mol. The van der Waals surface area contributed by atoms with Gasteiger partial charge in [-0.25, -0.2) is 0 Å². The average Bonchev–Trinajstić information content (AvgIpc) is 3.13. The summed E-state index contributed by atoms with van der Waals surface area (Å²) >= 11 is 6.22. The molecule has 2 fully saturated rings. The summed E-state index contributed by atoms with van der Waals surface area (Å²) in [5.41, 5.74) is 5.54. The van der Waals surface area contributed by atoms with E-state index in [0.717, 1.165) is 13.1 Å². The Morgan fingerprint density at radius 1 is 1.29 bits per heavy atom. The van der Waals surface area contributed by atoms with E-state index in [0.29, 0.717) is 23.1 Å². The number of hydrogen-bond acceptors (Lipinski definition) is 4. The zero-order valence-electron chi connectivity index (χ0n) is 13.6. The number of benzene rings is 1. The van der Waals surface area contributed by atoms with Crippen LogP contribution in [0.5, 0.6) is 11.5 Å². The van der Waals surface area contributed by atoms with Gasteiger partial charge in [0.05, 0.1) is 12.1 Å². The minimum absolute atomic E-state index is 0.0500. The molecular formula is C17H21ClN2O4. The molecule has 24 heavy (non-hydrogen) atoms. The summed E-state index contributed by atoms with van der Waals surface area (Å²) < 4.78 is 10.5. The minimum Gasteiger partial charge on any atom is -0.493 e. The van der Waals surface area contributed by atoms with E-state index < -0.39 is 5.91 Å². The molecule has 1 aromatic rings. The van der Waals surface area contributed by atoms with E-state index in [4.69, 9.17) is 26.8 Å². The monoisotopic (exact) mass is 352 g/mol. The summed E-state index contributed by atoms with van der Waals surface area (Å²) in [6.07, 6.45) is 3.68. The molecule has 2 aliphatic rings. The fourth-order valence-electron chi connectivity index (χ4n) is 3.71. The number of amides is 2. The van der Waals surface area contributed by atoms with Crippen LogP contribution in [0.3, 0.4) is 0 Å². The van der Waals surface area contributed by atoms with Gasteiger partial charge in [-0.05, 0) is 36.8 Å². The first kappa shape index (κ1) is 16.9. The van der Waals surface area contributed by atoms with Gasteiger partial charge < -0.3 is 20.1 Å². The summed E-state index contributed by atoms with van der Waals surface area (Å²) in [6, 6.07) is 3.15. The van der Waals surface area contributed by atoms with Crippen molar-refractivity contribution in [1.29, 1.82) is 0 Å². The molecule has 0 bridgehead atoms. The fourth-order valence-corrected chi connectivity index (χ4v) is 3.98. The van der Waals surface area contributed by atoms with E-state index in [1.54, 1.807) is 12.1 Å². The molecule has 1 saturated heterocycles. The van der Waals surface area contributed by atoms with E-state index in [2.05, 4.69) is 0 Å². The lowest BCUT2D eigenvalue weighted by Gasteiger charge is -2.19. The normalized spacial score (nSPS) is 22.3. The largest absolute Gasteiger partial charge is 0.493 e. The molecule has 2 unspecified atom stereocenters. The van der Waals surface area contributed by atoms with E-state index >= 15 is 0 Å². The number of carbonyl (C=O) groups excluding carboxylic acids is 2. The number of fused-ring (bicyclic) bond motifs is 1. The molecule has 1 saturated carbocycles. The van der Waals surface area contributed by atoms with Crippen LogP contribution in [-0.4, -0.2) is 43.5 Å². The van der Waals surface area contributed by atoms with Crippen molar-refractivity contribution < 1.29 is 19.1 Å². The van der Waals surface area contributed by atoms with Gasteiger partial charge >= 0.3 is 0 Å². The van der Waals surface area contributed by atoms with Gasteiger partial charge in [-0.3, -0.25) is 9.59 Å². The third-order valence-electron chi connectivity index (χ3n) is 4.85. The Bertz CT molecular complexity index is 652. The number of methoxy groups -OCH3 is 1. The SMILES string of the molecule is COc1cc(C(=O)N2CC3CCCC3C2)cc(Cl)c1OCC(N)=O. The smallest absolute Gasteiger partial charge is 0.255 e. The summed E-state index contributed by atoms with van der Waals surface area (Å²) in [5.74, 6) is 1.12. The molecule has 130 valence electrons. The van der Waals surface area contributed by atoms with Crippen molar-refractivity contribution in [3.63, 3.8) is 0 Å². The Hall–Kier alpha value is -1.95. The topological polar surface area (TPSA) is 81.9 Å². The Labute approximate surface area is 145 Å². The van der Waals surface area contributed by atoms with Gasteiger partial charge in [-0.2, -0.15) is 0 Å². The van der Waals surface area contributed by atoms with Crippen LogP contribution in [-0.2, 0) is 4.79 Å². The van der Waals surface area contributed by atoms with Crippen LogP contribution < -0.4 is 15.2 Å². The summed E-state index contributed by atoms with van der Waals surface area (Å²) in [5, 5.41) is 0.221. The average molecular weight is 353 g/mol. The van der Waals surface area contributed by atoms with E-state index in [9.17, 15) is 9.59 Å². The van der Waals surface area contributed by atoms with Gasteiger partial charge in [-0.15, -0.1) is 0 Å². The van der Waals surface area contributed by atoms with Gasteiger partial charge in [0.15, 0.2) is 18.1 Å². The van der Waals surface area contributed by atoms with Crippen molar-refractivity contribution in [2.45, 2.75) is 19.3 Å². The van der Waals surface area contributed by atoms with Crippen LogP contribution in [0.2, 0.25) is 5.02 Å². The number of halogens is 1. The van der Waals surface area contributed by atoms with Gasteiger partial charge in [-0.1, -0.05) is 18.0 Å². The quantitative estimate of drug-likeness (QED) is 0.879. The first-order valence-corrected chi connectivity index (χ1v) is 8.45. The minimum atomic E-state index is -0.614. The van der Waals surface area contributed by atoms with Crippen molar-refractivity contribution in [3.8, 4) is 11.5 Å². The zero-order valence-corrected chi connectivity index (χ0v) is 14.3. The van der Waals surface area contributed by atoms with Crippen LogP contribution in [0.25, 0.3) is 0 Å². The van der Waals surface area contributed by atoms with Crippen LogP contribution >= 0.6 is 11.6 Å². The Balaban J connectivity index is 1.79. The number of nitrogens with zero attached hydrogens (tertiary/aromatic N) is 1. The number of ether oxygens (including phenoxy) is 2. The highest BCUT2D eigenvalue weighted by atomic mass is 35.5. The maximum absolute atomic E-state index is 12.8. The molecule has 0 radical (unpaired) electrons. The molecule has 2 amide bonds. The standard InChI is InChI=1S/C17H21ClN2O4/c1-23-14-6-12(5-13(18)16(14)24-9-15(19)21)17(22)20-7-10-3-2-4-11(10)8-20/h5-6,10-11H,2-4,7-9H2,1H3,(H2,19,21). The number of nitrogens with two attached hydrogens (primary N) is 1. The first-order chi connectivity index (χ1) is 11.5. The van der Waals surface area contributed by atoms with Crippen molar-refractivity contribution in [3.05, 3.63) is 22.7 Å².